The molecule has 2 aromatic rings. The number of hydrogen-bond acceptors (Lipinski definition) is 4. The van der Waals surface area contributed by atoms with Crippen molar-refractivity contribution in [3.8, 4) is 0 Å². The number of halogens is 1. The van der Waals surface area contributed by atoms with Crippen molar-refractivity contribution in [3.63, 3.8) is 0 Å². The minimum atomic E-state index is -3.59. The molecule has 1 saturated heterocycles. The van der Waals surface area contributed by atoms with Crippen molar-refractivity contribution < 1.29 is 8.42 Å². The third kappa shape index (κ3) is 2.26. The number of sulfonamides is 1. The topological polar surface area (TPSA) is 54.7 Å². The molecule has 0 radical (unpaired) electrons. The van der Waals surface area contributed by atoms with E-state index >= 15 is 0 Å². The van der Waals surface area contributed by atoms with Gasteiger partial charge in [-0.25, -0.2) is 13.4 Å². The summed E-state index contributed by atoms with van der Waals surface area (Å²) in [6.45, 7) is 5.39. The number of rotatable bonds is 2. The number of aromatic nitrogens is 2. The highest BCUT2D eigenvalue weighted by Crippen LogP contribution is 2.34. The molecule has 0 aliphatic carbocycles. The summed E-state index contributed by atoms with van der Waals surface area (Å²) < 4.78 is 28.6. The highest BCUT2D eigenvalue weighted by molar-refractivity contribution is 7.89. The molecule has 8 heteroatoms. The van der Waals surface area contributed by atoms with Gasteiger partial charge in [-0.2, -0.15) is 4.31 Å². The summed E-state index contributed by atoms with van der Waals surface area (Å²) in [6, 6.07) is 0. The minimum absolute atomic E-state index is 0.0571. The monoisotopic (exact) mass is 333 g/mol. The van der Waals surface area contributed by atoms with E-state index in [1.807, 2.05) is 0 Å². The van der Waals surface area contributed by atoms with E-state index in [9.17, 15) is 8.42 Å². The first kappa shape index (κ1) is 14.3. The van der Waals surface area contributed by atoms with Crippen molar-refractivity contribution >= 4 is 37.9 Å². The Kier molecular flexibility index (Phi) is 3.36. The van der Waals surface area contributed by atoms with E-state index in [0.29, 0.717) is 18.1 Å². The lowest BCUT2D eigenvalue weighted by Crippen LogP contribution is -2.41. The van der Waals surface area contributed by atoms with Crippen LogP contribution in [-0.4, -0.2) is 35.2 Å². The molecule has 0 unspecified atom stereocenters. The molecule has 110 valence electrons. The second kappa shape index (κ2) is 4.69. The molecule has 0 spiro atoms. The van der Waals surface area contributed by atoms with Gasteiger partial charge in [-0.3, -0.25) is 4.40 Å². The number of piperidine rings is 1. The Bertz CT molecular complexity index is 738. The van der Waals surface area contributed by atoms with E-state index in [2.05, 4.69) is 18.8 Å². The predicted octanol–water partition coefficient (Wildman–Crippen LogP) is 2.86. The van der Waals surface area contributed by atoms with Crippen molar-refractivity contribution in [2.45, 2.75) is 31.7 Å². The molecule has 3 heterocycles. The Balaban J connectivity index is 2.00. The average Bonchev–Trinajstić information content (AvgIpc) is 2.87. The van der Waals surface area contributed by atoms with E-state index in [0.717, 1.165) is 12.8 Å². The zero-order chi connectivity index (χ0) is 14.5. The van der Waals surface area contributed by atoms with Crippen molar-refractivity contribution in [1.82, 2.24) is 13.7 Å². The molecular formula is C12H16ClN3O2S2. The molecule has 0 saturated carbocycles. The molecule has 1 aliphatic heterocycles. The lowest BCUT2D eigenvalue weighted by atomic mass is 9.83. The summed E-state index contributed by atoms with van der Waals surface area (Å²) in [5.74, 6) is 0. The third-order valence-electron chi connectivity index (χ3n) is 3.84. The van der Waals surface area contributed by atoms with Crippen LogP contribution < -0.4 is 0 Å². The van der Waals surface area contributed by atoms with Crippen LogP contribution >= 0.6 is 22.9 Å². The van der Waals surface area contributed by atoms with Gasteiger partial charge in [0.15, 0.2) is 15.1 Å². The van der Waals surface area contributed by atoms with Crippen LogP contribution in [0.1, 0.15) is 26.7 Å². The van der Waals surface area contributed by atoms with E-state index in [-0.39, 0.29) is 15.6 Å². The van der Waals surface area contributed by atoms with Crippen LogP contribution in [0.4, 0.5) is 0 Å². The van der Waals surface area contributed by atoms with Crippen molar-refractivity contribution in [1.29, 1.82) is 0 Å². The van der Waals surface area contributed by atoms with Crippen LogP contribution in [-0.2, 0) is 10.0 Å². The van der Waals surface area contributed by atoms with E-state index in [1.54, 1.807) is 16.0 Å². The molecule has 2 aromatic heterocycles. The second-order valence-electron chi connectivity index (χ2n) is 5.83. The first-order chi connectivity index (χ1) is 9.31. The highest BCUT2D eigenvalue weighted by Gasteiger charge is 2.36. The Morgan fingerprint density at radius 2 is 2.00 bits per heavy atom. The van der Waals surface area contributed by atoms with Gasteiger partial charge < -0.3 is 0 Å². The van der Waals surface area contributed by atoms with Crippen molar-refractivity contribution in [2.24, 2.45) is 5.41 Å². The van der Waals surface area contributed by atoms with Crippen LogP contribution in [0.5, 0.6) is 0 Å². The number of hydrogen-bond donors (Lipinski definition) is 0. The summed E-state index contributed by atoms with van der Waals surface area (Å²) in [7, 11) is -3.59. The zero-order valence-corrected chi connectivity index (χ0v) is 13.7. The molecule has 1 aliphatic rings. The van der Waals surface area contributed by atoms with Crippen LogP contribution in [0.2, 0.25) is 5.15 Å². The van der Waals surface area contributed by atoms with Crippen LogP contribution in [0.25, 0.3) is 4.96 Å². The quantitative estimate of drug-likeness (QED) is 0.849. The summed E-state index contributed by atoms with van der Waals surface area (Å²) in [5, 5.41) is 1.95. The zero-order valence-electron chi connectivity index (χ0n) is 11.3. The summed E-state index contributed by atoms with van der Waals surface area (Å²) in [6.07, 6.45) is 3.41. The Labute approximate surface area is 127 Å². The number of nitrogens with zero attached hydrogens (tertiary/aromatic N) is 3. The standard InChI is InChI=1S/C12H16ClN3O2S2/c1-12(2)3-5-15(6-4-12)20(17,18)10-9(13)14-11-16(10)7-8-19-11/h7-8H,3-6H2,1-2H3. The summed E-state index contributed by atoms with van der Waals surface area (Å²) in [4.78, 5) is 4.71. The maximum absolute atomic E-state index is 12.8. The van der Waals surface area contributed by atoms with Crippen LogP contribution in [0.3, 0.4) is 0 Å². The molecule has 5 nitrogen and oxygen atoms in total. The fourth-order valence-electron chi connectivity index (χ4n) is 2.42. The van der Waals surface area contributed by atoms with Crippen molar-refractivity contribution in [3.05, 3.63) is 16.7 Å². The maximum Gasteiger partial charge on any atom is 0.262 e. The first-order valence-electron chi connectivity index (χ1n) is 6.42. The fraction of sp³-hybridized carbons (Fsp3) is 0.583. The highest BCUT2D eigenvalue weighted by atomic mass is 35.5. The van der Waals surface area contributed by atoms with Gasteiger partial charge in [0.2, 0.25) is 0 Å². The SMILES string of the molecule is CC1(C)CCN(S(=O)(=O)c2c(Cl)nc3sccn23)CC1. The lowest BCUT2D eigenvalue weighted by Gasteiger charge is -2.35. The third-order valence-corrected chi connectivity index (χ3v) is 6.89. The number of fused-ring (bicyclic) bond motifs is 1. The minimum Gasteiger partial charge on any atom is -0.279 e. The molecule has 0 aromatic carbocycles. The maximum atomic E-state index is 12.8. The summed E-state index contributed by atoms with van der Waals surface area (Å²) >= 11 is 7.41. The first-order valence-corrected chi connectivity index (χ1v) is 9.12. The molecule has 3 rings (SSSR count). The van der Waals surface area contributed by atoms with Gasteiger partial charge in [0.25, 0.3) is 10.0 Å². The molecule has 20 heavy (non-hydrogen) atoms. The fourth-order valence-corrected chi connectivity index (χ4v) is 5.27. The van der Waals surface area contributed by atoms with Crippen LogP contribution in [0, 0.1) is 5.41 Å². The Morgan fingerprint density at radius 1 is 1.35 bits per heavy atom. The molecule has 0 amide bonds. The van der Waals surface area contributed by atoms with Crippen molar-refractivity contribution in [2.75, 3.05) is 13.1 Å². The van der Waals surface area contributed by atoms with Crippen LogP contribution in [0.15, 0.2) is 16.6 Å². The van der Waals surface area contributed by atoms with E-state index < -0.39 is 10.0 Å². The molecule has 1 fully saturated rings. The molecular weight excluding hydrogens is 318 g/mol. The second-order valence-corrected chi connectivity index (χ2v) is 8.92. The normalized spacial score (nSPS) is 20.6. The molecule has 0 bridgehead atoms. The van der Waals surface area contributed by atoms with Gasteiger partial charge in [0, 0.05) is 24.7 Å². The smallest absolute Gasteiger partial charge is 0.262 e. The largest absolute Gasteiger partial charge is 0.279 e. The van der Waals surface area contributed by atoms with E-state index in [1.165, 1.54) is 15.6 Å². The molecule has 0 atom stereocenters. The number of thiazole rings is 1. The number of imidazole rings is 1. The lowest BCUT2D eigenvalue weighted by molar-refractivity contribution is 0.195. The summed E-state index contributed by atoms with van der Waals surface area (Å²) in [5.41, 5.74) is 0.199. The van der Waals surface area contributed by atoms with Gasteiger partial charge >= 0.3 is 0 Å². The predicted molar refractivity (Wildman–Crippen MR) is 79.9 cm³/mol. The Morgan fingerprint density at radius 3 is 2.65 bits per heavy atom. The Hall–Kier alpha value is -0.630. The van der Waals surface area contributed by atoms with E-state index in [4.69, 9.17) is 11.6 Å². The molecule has 0 N–H and O–H groups in total. The van der Waals surface area contributed by atoms with Gasteiger partial charge in [-0.15, -0.1) is 11.3 Å². The average molecular weight is 334 g/mol. The van der Waals surface area contributed by atoms with Gasteiger partial charge in [-0.05, 0) is 18.3 Å². The van der Waals surface area contributed by atoms with Gasteiger partial charge in [0.05, 0.1) is 0 Å². The van der Waals surface area contributed by atoms with Gasteiger partial charge in [0.1, 0.15) is 0 Å². The van der Waals surface area contributed by atoms with Gasteiger partial charge in [-0.1, -0.05) is 25.4 Å².